The third-order valence-electron chi connectivity index (χ3n) is 1.55. The van der Waals surface area contributed by atoms with Gasteiger partial charge in [-0.2, -0.15) is 0 Å². The van der Waals surface area contributed by atoms with Crippen molar-refractivity contribution in [2.45, 2.75) is 31.8 Å². The lowest BCUT2D eigenvalue weighted by Crippen LogP contribution is -2.36. The second-order valence-corrected chi connectivity index (χ2v) is 2.96. The average Bonchev–Trinajstić information content (AvgIpc) is 2.05. The molecule has 72 valence electrons. The Balaban J connectivity index is 3.93. The summed E-state index contributed by atoms with van der Waals surface area (Å²) in [7, 11) is 0. The van der Waals surface area contributed by atoms with E-state index < -0.39 is 25.4 Å². The fourth-order valence-corrected chi connectivity index (χ4v) is 0.864. The number of carbonyl (C=O) groups excluding carboxylic acids is 1. The minimum absolute atomic E-state index is 0.266. The van der Waals surface area contributed by atoms with Gasteiger partial charge in [-0.1, -0.05) is 6.92 Å². The van der Waals surface area contributed by atoms with E-state index in [0.717, 1.165) is 0 Å². The van der Waals surface area contributed by atoms with E-state index in [4.69, 9.17) is 5.11 Å². The lowest BCUT2D eigenvalue weighted by molar-refractivity contribution is -0.125. The van der Waals surface area contributed by atoms with Crippen molar-refractivity contribution in [1.29, 1.82) is 0 Å². The molecule has 0 bridgehead atoms. The van der Waals surface area contributed by atoms with Crippen molar-refractivity contribution in [1.82, 2.24) is 0 Å². The second kappa shape index (κ2) is 5.19. The van der Waals surface area contributed by atoms with E-state index in [1.165, 1.54) is 0 Å². The summed E-state index contributed by atoms with van der Waals surface area (Å²) < 4.78 is 24.0. The Morgan fingerprint density at radius 3 is 2.25 bits per heavy atom. The lowest BCUT2D eigenvalue weighted by atomic mass is 9.98. The molecular formula is C8H14F2O2. The Labute approximate surface area is 70.6 Å². The molecule has 0 atom stereocenters. The minimum Gasteiger partial charge on any atom is -0.384 e. The molecule has 0 fully saturated rings. The molecular weight excluding hydrogens is 166 g/mol. The van der Waals surface area contributed by atoms with E-state index >= 15 is 0 Å². The zero-order valence-corrected chi connectivity index (χ0v) is 7.15. The van der Waals surface area contributed by atoms with Crippen LogP contribution in [0, 0.1) is 0 Å². The van der Waals surface area contributed by atoms with Crippen LogP contribution in [0.4, 0.5) is 8.78 Å². The Morgan fingerprint density at radius 1 is 1.42 bits per heavy atom. The fraction of sp³-hybridized carbons (Fsp3) is 0.875. The van der Waals surface area contributed by atoms with E-state index in [-0.39, 0.29) is 12.2 Å². The monoisotopic (exact) mass is 180 g/mol. The third kappa shape index (κ3) is 3.76. The highest BCUT2D eigenvalue weighted by Crippen LogP contribution is 2.14. The highest BCUT2D eigenvalue weighted by atomic mass is 19.1. The van der Waals surface area contributed by atoms with Crippen LogP contribution in [0.2, 0.25) is 0 Å². The van der Waals surface area contributed by atoms with E-state index in [0.29, 0.717) is 6.42 Å². The number of aliphatic hydroxyl groups is 1. The maximum atomic E-state index is 12.0. The lowest BCUT2D eigenvalue weighted by Gasteiger charge is -2.19. The molecule has 0 aliphatic rings. The van der Waals surface area contributed by atoms with Gasteiger partial charge in [-0.25, -0.2) is 8.78 Å². The summed E-state index contributed by atoms with van der Waals surface area (Å²) >= 11 is 0. The van der Waals surface area contributed by atoms with Crippen molar-refractivity contribution in [3.63, 3.8) is 0 Å². The molecule has 0 aliphatic heterocycles. The molecule has 0 aromatic rings. The molecule has 2 nitrogen and oxygen atoms in total. The zero-order chi connectivity index (χ0) is 9.61. The molecule has 0 aliphatic carbocycles. The standard InChI is InChI=1S/C8H14F2O2/c1-2-3-7(11)4-8(12,5-9)6-10/h12H,2-6H2,1H3. The predicted octanol–water partition coefficient (Wildman–Crippen LogP) is 1.42. The Bertz CT molecular complexity index is 144. The SMILES string of the molecule is CCCC(=O)CC(O)(CF)CF. The molecule has 0 saturated heterocycles. The van der Waals surface area contributed by atoms with E-state index in [9.17, 15) is 13.6 Å². The normalized spacial score (nSPS) is 11.7. The minimum atomic E-state index is -2.08. The quantitative estimate of drug-likeness (QED) is 0.671. The first-order valence-corrected chi connectivity index (χ1v) is 3.94. The van der Waals surface area contributed by atoms with E-state index in [1.54, 1.807) is 6.92 Å². The summed E-state index contributed by atoms with van der Waals surface area (Å²) in [6.07, 6.45) is 0.476. The Kier molecular flexibility index (Phi) is 4.97. The van der Waals surface area contributed by atoms with Crippen LogP contribution >= 0.6 is 0 Å². The van der Waals surface area contributed by atoms with Gasteiger partial charge in [0.2, 0.25) is 0 Å². The molecule has 0 aromatic heterocycles. The van der Waals surface area contributed by atoms with Gasteiger partial charge in [0.25, 0.3) is 0 Å². The maximum Gasteiger partial charge on any atom is 0.135 e. The molecule has 0 amide bonds. The topological polar surface area (TPSA) is 37.3 Å². The summed E-state index contributed by atoms with van der Waals surface area (Å²) in [5.41, 5.74) is -2.08. The third-order valence-corrected chi connectivity index (χ3v) is 1.55. The van der Waals surface area contributed by atoms with Crippen LogP contribution in [-0.4, -0.2) is 29.8 Å². The van der Waals surface area contributed by atoms with Gasteiger partial charge >= 0.3 is 0 Å². The van der Waals surface area contributed by atoms with E-state index in [2.05, 4.69) is 0 Å². The smallest absolute Gasteiger partial charge is 0.135 e. The van der Waals surface area contributed by atoms with Gasteiger partial charge in [-0.3, -0.25) is 4.79 Å². The van der Waals surface area contributed by atoms with Crippen molar-refractivity contribution in [2.75, 3.05) is 13.3 Å². The first-order valence-electron chi connectivity index (χ1n) is 3.94. The number of carbonyl (C=O) groups is 1. The van der Waals surface area contributed by atoms with Crippen molar-refractivity contribution >= 4 is 5.78 Å². The largest absolute Gasteiger partial charge is 0.384 e. The van der Waals surface area contributed by atoms with Crippen LogP contribution in [-0.2, 0) is 4.79 Å². The highest BCUT2D eigenvalue weighted by Gasteiger charge is 2.29. The van der Waals surface area contributed by atoms with Gasteiger partial charge in [-0.15, -0.1) is 0 Å². The van der Waals surface area contributed by atoms with Crippen LogP contribution in [0.15, 0.2) is 0 Å². The van der Waals surface area contributed by atoms with Gasteiger partial charge in [0, 0.05) is 12.8 Å². The Morgan fingerprint density at radius 2 is 1.92 bits per heavy atom. The number of halogens is 2. The van der Waals surface area contributed by atoms with Gasteiger partial charge in [0.15, 0.2) is 0 Å². The highest BCUT2D eigenvalue weighted by molar-refractivity contribution is 5.79. The predicted molar refractivity (Wildman–Crippen MR) is 41.4 cm³/mol. The molecule has 0 spiro atoms. The summed E-state index contributed by atoms with van der Waals surface area (Å²) in [5.74, 6) is -0.296. The first kappa shape index (κ1) is 11.5. The van der Waals surface area contributed by atoms with E-state index in [1.807, 2.05) is 0 Å². The number of hydrogen-bond donors (Lipinski definition) is 1. The van der Waals surface area contributed by atoms with Crippen molar-refractivity contribution in [2.24, 2.45) is 0 Å². The van der Waals surface area contributed by atoms with Crippen LogP contribution in [0.5, 0.6) is 0 Å². The van der Waals surface area contributed by atoms with Crippen LogP contribution in [0.3, 0.4) is 0 Å². The number of rotatable bonds is 6. The van der Waals surface area contributed by atoms with Crippen molar-refractivity contribution in [3.05, 3.63) is 0 Å². The van der Waals surface area contributed by atoms with Crippen molar-refractivity contribution in [3.8, 4) is 0 Å². The zero-order valence-electron chi connectivity index (χ0n) is 7.15. The molecule has 0 rings (SSSR count). The molecule has 0 saturated carbocycles. The average molecular weight is 180 g/mol. The van der Waals surface area contributed by atoms with Gasteiger partial charge < -0.3 is 5.11 Å². The molecule has 0 heterocycles. The molecule has 12 heavy (non-hydrogen) atoms. The first-order chi connectivity index (χ1) is 5.58. The number of ketones is 1. The number of Topliss-reactive ketones (excluding diaryl/α,β-unsaturated/α-hetero) is 1. The summed E-state index contributed by atoms with van der Waals surface area (Å²) in [6.45, 7) is -0.625. The number of alkyl halides is 2. The number of hydrogen-bond acceptors (Lipinski definition) is 2. The maximum absolute atomic E-state index is 12.0. The van der Waals surface area contributed by atoms with Crippen LogP contribution in [0.25, 0.3) is 0 Å². The second-order valence-electron chi connectivity index (χ2n) is 2.96. The van der Waals surface area contributed by atoms with Crippen LogP contribution < -0.4 is 0 Å². The molecule has 0 unspecified atom stereocenters. The van der Waals surface area contributed by atoms with Gasteiger partial charge in [0.05, 0.1) is 0 Å². The Hall–Kier alpha value is -0.510. The van der Waals surface area contributed by atoms with Gasteiger partial charge in [0.1, 0.15) is 24.7 Å². The molecule has 4 heteroatoms. The van der Waals surface area contributed by atoms with Crippen molar-refractivity contribution < 1.29 is 18.7 Å². The molecule has 0 aromatic carbocycles. The summed E-state index contributed by atoms with van der Waals surface area (Å²) in [5, 5.41) is 9.05. The molecule has 0 radical (unpaired) electrons. The summed E-state index contributed by atoms with van der Waals surface area (Å²) in [4.78, 5) is 10.9. The van der Waals surface area contributed by atoms with Gasteiger partial charge in [-0.05, 0) is 6.42 Å². The molecule has 1 N–H and O–H groups in total. The van der Waals surface area contributed by atoms with Crippen LogP contribution in [0.1, 0.15) is 26.2 Å². The fourth-order valence-electron chi connectivity index (χ4n) is 0.864. The summed E-state index contributed by atoms with van der Waals surface area (Å²) in [6, 6.07) is 0.